The van der Waals surface area contributed by atoms with Gasteiger partial charge < -0.3 is 9.31 Å². The second-order valence-electron chi connectivity index (χ2n) is 13.2. The van der Waals surface area contributed by atoms with Crippen molar-refractivity contribution in [2.24, 2.45) is 0 Å². The summed E-state index contributed by atoms with van der Waals surface area (Å²) in [5, 5.41) is 2.61. The molecule has 1 aliphatic heterocycles. The Morgan fingerprint density at radius 2 is 1.00 bits per heavy atom. The fourth-order valence-corrected chi connectivity index (χ4v) is 7.77. The van der Waals surface area contributed by atoms with Crippen molar-refractivity contribution in [1.82, 2.24) is 0 Å². The smallest absolute Gasteiger partial charge is 0.399 e. The lowest BCUT2D eigenvalue weighted by Crippen LogP contribution is -2.41. The lowest BCUT2D eigenvalue weighted by Gasteiger charge is -2.32. The molecule has 1 saturated heterocycles. The quantitative estimate of drug-likeness (QED) is 0.180. The van der Waals surface area contributed by atoms with Gasteiger partial charge in [-0.15, -0.1) is 11.3 Å². The number of thiophene rings is 1. The summed E-state index contributed by atoms with van der Waals surface area (Å²) < 4.78 is 15.4. The van der Waals surface area contributed by atoms with E-state index in [0.717, 1.165) is 11.0 Å². The molecule has 6 aromatic carbocycles. The Morgan fingerprint density at radius 1 is 0.478 bits per heavy atom. The Labute approximate surface area is 275 Å². The zero-order valence-corrected chi connectivity index (χ0v) is 27.4. The molecule has 1 fully saturated rings. The Morgan fingerprint density at radius 3 is 1.72 bits per heavy atom. The standard InChI is InChI=1S/C42H35BO2S/c1-41(2)42(3,4)45-43(44-41)34-20-12-17-31(27-34)30-16-11-18-32(26-30)35-23-24-36(40-39(35)37-21-8-9-22-38(37)46-40)33-19-10-15-29(25-33)28-13-6-5-7-14-28/h5-27H,1-4H3. The number of fused-ring (bicyclic) bond motifs is 3. The van der Waals surface area contributed by atoms with Crippen LogP contribution in [0, 0.1) is 0 Å². The van der Waals surface area contributed by atoms with Gasteiger partial charge in [0.2, 0.25) is 0 Å². The van der Waals surface area contributed by atoms with Crippen LogP contribution in [0.15, 0.2) is 140 Å². The molecule has 1 aromatic heterocycles. The van der Waals surface area contributed by atoms with Crippen LogP contribution in [0.3, 0.4) is 0 Å². The molecular formula is C42H35BO2S. The first-order valence-electron chi connectivity index (χ1n) is 15.9. The van der Waals surface area contributed by atoms with Crippen LogP contribution in [-0.4, -0.2) is 18.3 Å². The SMILES string of the molecule is CC1(C)OB(c2cccc(-c3cccc(-c4ccc(-c5cccc(-c6ccccc6)c5)c5sc6ccccc6c45)c3)c2)OC1(C)C. The van der Waals surface area contributed by atoms with Crippen molar-refractivity contribution < 1.29 is 9.31 Å². The van der Waals surface area contributed by atoms with E-state index < -0.39 is 7.12 Å². The van der Waals surface area contributed by atoms with Crippen molar-refractivity contribution in [3.8, 4) is 44.5 Å². The van der Waals surface area contributed by atoms with Crippen LogP contribution in [0.5, 0.6) is 0 Å². The zero-order chi connectivity index (χ0) is 31.5. The molecule has 0 bridgehead atoms. The van der Waals surface area contributed by atoms with E-state index in [1.54, 1.807) is 0 Å². The van der Waals surface area contributed by atoms with Gasteiger partial charge in [0, 0.05) is 20.2 Å². The van der Waals surface area contributed by atoms with Gasteiger partial charge >= 0.3 is 7.12 Å². The van der Waals surface area contributed by atoms with E-state index in [9.17, 15) is 0 Å². The first-order valence-corrected chi connectivity index (χ1v) is 16.8. The summed E-state index contributed by atoms with van der Waals surface area (Å²) in [6, 6.07) is 50.5. The molecule has 1 aliphatic rings. The van der Waals surface area contributed by atoms with E-state index in [0.29, 0.717) is 0 Å². The Balaban J connectivity index is 1.23. The van der Waals surface area contributed by atoms with Crippen molar-refractivity contribution in [3.63, 3.8) is 0 Å². The molecule has 8 rings (SSSR count). The van der Waals surface area contributed by atoms with Crippen LogP contribution >= 0.6 is 11.3 Å². The Hall–Kier alpha value is -4.48. The molecule has 0 unspecified atom stereocenters. The molecule has 0 atom stereocenters. The highest BCUT2D eigenvalue weighted by Crippen LogP contribution is 2.45. The highest BCUT2D eigenvalue weighted by molar-refractivity contribution is 7.26. The minimum Gasteiger partial charge on any atom is -0.399 e. The van der Waals surface area contributed by atoms with Crippen molar-refractivity contribution >= 4 is 44.1 Å². The van der Waals surface area contributed by atoms with Crippen LogP contribution in [0.2, 0.25) is 0 Å². The third-order valence-corrected chi connectivity index (χ3v) is 10.9. The zero-order valence-electron chi connectivity index (χ0n) is 26.6. The van der Waals surface area contributed by atoms with Crippen molar-refractivity contribution in [1.29, 1.82) is 0 Å². The number of hydrogen-bond donors (Lipinski definition) is 0. The van der Waals surface area contributed by atoms with Crippen molar-refractivity contribution in [2.45, 2.75) is 38.9 Å². The highest BCUT2D eigenvalue weighted by Gasteiger charge is 2.51. The predicted octanol–water partition coefficient (Wildman–Crippen LogP) is 11.0. The van der Waals surface area contributed by atoms with Gasteiger partial charge in [-0.05, 0) is 95.9 Å². The van der Waals surface area contributed by atoms with Gasteiger partial charge in [-0.25, -0.2) is 0 Å². The van der Waals surface area contributed by atoms with Crippen LogP contribution < -0.4 is 5.46 Å². The average Bonchev–Trinajstić information content (AvgIpc) is 3.58. The second kappa shape index (κ2) is 11.1. The molecule has 2 heterocycles. The van der Waals surface area contributed by atoms with Gasteiger partial charge in [0.25, 0.3) is 0 Å². The van der Waals surface area contributed by atoms with Crippen LogP contribution in [-0.2, 0) is 9.31 Å². The van der Waals surface area contributed by atoms with Gasteiger partial charge in [-0.1, -0.05) is 121 Å². The van der Waals surface area contributed by atoms with Crippen LogP contribution in [0.4, 0.5) is 0 Å². The molecule has 0 N–H and O–H groups in total. The molecule has 0 spiro atoms. The number of hydrogen-bond acceptors (Lipinski definition) is 3. The normalized spacial score (nSPS) is 15.5. The van der Waals surface area contributed by atoms with E-state index in [4.69, 9.17) is 9.31 Å². The molecule has 0 amide bonds. The number of benzene rings is 6. The molecule has 7 aromatic rings. The lowest BCUT2D eigenvalue weighted by atomic mass is 9.78. The minimum atomic E-state index is -0.391. The molecule has 0 saturated carbocycles. The van der Waals surface area contributed by atoms with Gasteiger partial charge in [-0.3, -0.25) is 0 Å². The minimum absolute atomic E-state index is 0.378. The summed E-state index contributed by atoms with van der Waals surface area (Å²) in [6.07, 6.45) is 0. The summed E-state index contributed by atoms with van der Waals surface area (Å²) >= 11 is 1.88. The van der Waals surface area contributed by atoms with E-state index in [1.807, 2.05) is 11.3 Å². The van der Waals surface area contributed by atoms with Crippen molar-refractivity contribution in [2.75, 3.05) is 0 Å². The Bertz CT molecular complexity index is 2210. The molecule has 0 radical (unpaired) electrons. The fourth-order valence-electron chi connectivity index (χ4n) is 6.50. The molecule has 46 heavy (non-hydrogen) atoms. The monoisotopic (exact) mass is 614 g/mol. The second-order valence-corrected chi connectivity index (χ2v) is 14.3. The molecule has 2 nitrogen and oxygen atoms in total. The maximum Gasteiger partial charge on any atom is 0.494 e. The molecule has 4 heteroatoms. The van der Waals surface area contributed by atoms with E-state index in [-0.39, 0.29) is 11.2 Å². The maximum atomic E-state index is 6.37. The molecule has 224 valence electrons. The van der Waals surface area contributed by atoms with E-state index in [2.05, 4.69) is 167 Å². The Kier molecular flexibility index (Phi) is 6.99. The largest absolute Gasteiger partial charge is 0.494 e. The lowest BCUT2D eigenvalue weighted by molar-refractivity contribution is 0.00578. The average molecular weight is 615 g/mol. The van der Waals surface area contributed by atoms with E-state index >= 15 is 0 Å². The summed E-state index contributed by atoms with van der Waals surface area (Å²) in [5.74, 6) is 0. The highest BCUT2D eigenvalue weighted by atomic mass is 32.1. The van der Waals surface area contributed by atoms with Gasteiger partial charge in [-0.2, -0.15) is 0 Å². The summed E-state index contributed by atoms with van der Waals surface area (Å²) in [4.78, 5) is 0. The van der Waals surface area contributed by atoms with Gasteiger partial charge in [0.05, 0.1) is 11.2 Å². The number of rotatable bonds is 5. The molecule has 0 aliphatic carbocycles. The fraction of sp³-hybridized carbons (Fsp3) is 0.143. The molecular weight excluding hydrogens is 579 g/mol. The third kappa shape index (κ3) is 4.98. The van der Waals surface area contributed by atoms with Crippen LogP contribution in [0.25, 0.3) is 64.7 Å². The maximum absolute atomic E-state index is 6.37. The summed E-state index contributed by atoms with van der Waals surface area (Å²) in [7, 11) is -0.391. The van der Waals surface area contributed by atoms with E-state index in [1.165, 1.54) is 59.1 Å². The van der Waals surface area contributed by atoms with Crippen LogP contribution in [0.1, 0.15) is 27.7 Å². The van der Waals surface area contributed by atoms with Gasteiger partial charge in [0.1, 0.15) is 0 Å². The third-order valence-electron chi connectivity index (χ3n) is 9.73. The first-order chi connectivity index (χ1) is 22.3. The summed E-state index contributed by atoms with van der Waals surface area (Å²) in [5.41, 5.74) is 10.0. The first kappa shape index (κ1) is 29.0. The topological polar surface area (TPSA) is 18.5 Å². The predicted molar refractivity (Wildman–Crippen MR) is 197 cm³/mol. The van der Waals surface area contributed by atoms with Crippen molar-refractivity contribution in [3.05, 3.63) is 140 Å². The van der Waals surface area contributed by atoms with Gasteiger partial charge in [0.15, 0.2) is 0 Å². The summed E-state index contributed by atoms with van der Waals surface area (Å²) in [6.45, 7) is 8.39.